The van der Waals surface area contributed by atoms with Crippen LogP contribution in [-0.4, -0.2) is 23.4 Å². The topological polar surface area (TPSA) is 40.5 Å². The molecule has 154 valence electrons. The molecule has 0 atom stereocenters. The van der Waals surface area contributed by atoms with E-state index in [0.29, 0.717) is 6.61 Å². The van der Waals surface area contributed by atoms with E-state index in [1.54, 1.807) is 0 Å². The number of aryl methyl sites for hydroxylation is 3. The molecular formula is C20H29Au3O2. The summed E-state index contributed by atoms with van der Waals surface area (Å²) in [5, 5.41) is 16.7. The SMILES string of the molecule is Cc1ccc(C)cc1.Cc1cccc(CCO)c1.OCC[CH2][Au].[Au].[Au]. The molecule has 0 saturated carbocycles. The molecule has 0 unspecified atom stereocenters. The maximum atomic E-state index is 8.61. The second kappa shape index (κ2) is 20.9. The van der Waals surface area contributed by atoms with Gasteiger partial charge in [-0.05, 0) is 32.8 Å². The van der Waals surface area contributed by atoms with Gasteiger partial charge >= 0.3 is 43.8 Å². The standard InChI is InChI=1S/C9H12O.C8H10.C3H7O.3Au/c1-8-3-2-4-9(7-8)5-6-10;1-7-3-5-8(2)6-4-7;1-2-3-4;;;/h2-4,7,10H,5-6H2,1H3;3-6H,1-2H3;4H,1-3H2;;;. The Hall–Kier alpha value is 0.581. The molecule has 2 N–H and O–H groups in total. The number of aliphatic hydroxyl groups is 2. The molecule has 0 spiro atoms. The predicted octanol–water partition coefficient (Wildman–Crippen LogP) is 4.16. The van der Waals surface area contributed by atoms with E-state index in [1.807, 2.05) is 12.1 Å². The van der Waals surface area contributed by atoms with Gasteiger partial charge in [-0.25, -0.2) is 0 Å². The van der Waals surface area contributed by atoms with Crippen LogP contribution in [0, 0.1) is 20.8 Å². The van der Waals surface area contributed by atoms with Crippen LogP contribution in [0.4, 0.5) is 0 Å². The van der Waals surface area contributed by atoms with Crippen molar-refractivity contribution in [3.63, 3.8) is 0 Å². The molecule has 0 aliphatic rings. The number of hydrogen-bond acceptors (Lipinski definition) is 2. The largest absolute Gasteiger partial charge is 0 e. The Balaban J connectivity index is -0.000000294. The van der Waals surface area contributed by atoms with Gasteiger partial charge in [-0.3, -0.25) is 0 Å². The molecule has 5 heteroatoms. The van der Waals surface area contributed by atoms with Crippen LogP contribution in [0.25, 0.3) is 0 Å². The van der Waals surface area contributed by atoms with Crippen LogP contribution in [0.15, 0.2) is 48.5 Å². The summed E-state index contributed by atoms with van der Waals surface area (Å²) in [5.41, 5.74) is 5.12. The summed E-state index contributed by atoms with van der Waals surface area (Å²) in [6.07, 6.45) is 1.69. The quantitative estimate of drug-likeness (QED) is 0.454. The minimum Gasteiger partial charge on any atom is 0 e. The van der Waals surface area contributed by atoms with E-state index in [1.165, 1.54) is 22.3 Å². The van der Waals surface area contributed by atoms with E-state index < -0.39 is 0 Å². The van der Waals surface area contributed by atoms with Gasteiger partial charge in [-0.2, -0.15) is 0 Å². The average molecular weight is 892 g/mol. The third kappa shape index (κ3) is 19.2. The summed E-state index contributed by atoms with van der Waals surface area (Å²) in [6.45, 7) is 6.82. The summed E-state index contributed by atoms with van der Waals surface area (Å²) in [5.74, 6) is 0. The van der Waals surface area contributed by atoms with Crippen molar-refractivity contribution < 1.29 is 76.0 Å². The van der Waals surface area contributed by atoms with Gasteiger partial charge in [-0.15, -0.1) is 0 Å². The molecule has 0 aromatic heterocycles. The molecule has 0 saturated heterocycles. The Bertz CT molecular complexity index is 494. The zero-order valence-electron chi connectivity index (χ0n) is 15.0. The summed E-state index contributed by atoms with van der Waals surface area (Å²) >= 11 is 2.38. The zero-order chi connectivity index (χ0) is 17.5. The maximum absolute atomic E-state index is 8.61. The minimum absolute atomic E-state index is 0. The molecule has 2 aromatic rings. The second-order valence-corrected chi connectivity index (χ2v) is 6.43. The van der Waals surface area contributed by atoms with Crippen LogP contribution >= 0.6 is 0 Å². The van der Waals surface area contributed by atoms with Gasteiger partial charge in [0.25, 0.3) is 0 Å². The molecule has 25 heavy (non-hydrogen) atoms. The van der Waals surface area contributed by atoms with Crippen molar-refractivity contribution in [1.82, 2.24) is 0 Å². The van der Waals surface area contributed by atoms with Gasteiger partial charge in [0, 0.05) is 51.4 Å². The fraction of sp³-hybridized carbons (Fsp3) is 0.400. The Labute approximate surface area is 196 Å². The van der Waals surface area contributed by atoms with E-state index in [2.05, 4.69) is 78.2 Å². The minimum atomic E-state index is 0. The van der Waals surface area contributed by atoms with Crippen molar-refractivity contribution >= 4 is 0 Å². The molecule has 2 radical (unpaired) electrons. The van der Waals surface area contributed by atoms with Crippen molar-refractivity contribution in [2.24, 2.45) is 0 Å². The van der Waals surface area contributed by atoms with Crippen LogP contribution in [0.5, 0.6) is 0 Å². The number of rotatable bonds is 4. The van der Waals surface area contributed by atoms with Crippen LogP contribution in [0.1, 0.15) is 28.7 Å². The first kappa shape index (κ1) is 30.3. The summed E-state index contributed by atoms with van der Waals surface area (Å²) in [7, 11) is 0. The van der Waals surface area contributed by atoms with Gasteiger partial charge in [-0.1, -0.05) is 65.2 Å². The van der Waals surface area contributed by atoms with Gasteiger partial charge in [0.2, 0.25) is 0 Å². The fourth-order valence-corrected chi connectivity index (χ4v) is 2.02. The normalized spacial score (nSPS) is 8.60. The zero-order valence-corrected chi connectivity index (χ0v) is 21.5. The fourth-order valence-electron chi connectivity index (χ4n) is 1.68. The third-order valence-electron chi connectivity index (χ3n) is 2.97. The first-order valence-corrected chi connectivity index (χ1v) is 9.37. The van der Waals surface area contributed by atoms with Crippen molar-refractivity contribution in [3.05, 3.63) is 70.8 Å². The Morgan fingerprint density at radius 3 is 1.60 bits per heavy atom. The molecule has 2 aromatic carbocycles. The van der Waals surface area contributed by atoms with Crippen molar-refractivity contribution in [3.8, 4) is 0 Å². The molecule has 0 heterocycles. The first-order valence-electron chi connectivity index (χ1n) is 7.84. The van der Waals surface area contributed by atoms with E-state index in [0.717, 1.165) is 17.5 Å². The summed E-state index contributed by atoms with van der Waals surface area (Å²) < 4.78 is 1.04. The van der Waals surface area contributed by atoms with Crippen molar-refractivity contribution in [1.29, 1.82) is 0 Å². The van der Waals surface area contributed by atoms with Gasteiger partial charge in [0.1, 0.15) is 0 Å². The van der Waals surface area contributed by atoms with Crippen LogP contribution in [0.3, 0.4) is 0 Å². The summed E-state index contributed by atoms with van der Waals surface area (Å²) in [6, 6.07) is 16.7. The van der Waals surface area contributed by atoms with Crippen LogP contribution < -0.4 is 0 Å². The molecular weight excluding hydrogens is 863 g/mol. The Kier molecular flexibility index (Phi) is 25.3. The van der Waals surface area contributed by atoms with Gasteiger partial charge < -0.3 is 5.11 Å². The smallest absolute Gasteiger partial charge is 0 e. The number of hydrogen-bond donors (Lipinski definition) is 2. The number of aliphatic hydroxyl groups excluding tert-OH is 2. The van der Waals surface area contributed by atoms with E-state index in [9.17, 15) is 0 Å². The van der Waals surface area contributed by atoms with Gasteiger partial charge in [0.05, 0.1) is 0 Å². The van der Waals surface area contributed by atoms with E-state index >= 15 is 0 Å². The molecule has 0 amide bonds. The van der Waals surface area contributed by atoms with Gasteiger partial charge in [0.15, 0.2) is 0 Å². The van der Waals surface area contributed by atoms with Crippen LogP contribution in [-0.2, 0) is 72.2 Å². The van der Waals surface area contributed by atoms with E-state index in [4.69, 9.17) is 10.2 Å². The molecule has 0 aliphatic carbocycles. The van der Waals surface area contributed by atoms with E-state index in [-0.39, 0.29) is 51.4 Å². The van der Waals surface area contributed by atoms with Crippen LogP contribution in [0.2, 0.25) is 4.64 Å². The maximum Gasteiger partial charge on any atom is 0 e. The second-order valence-electron chi connectivity index (χ2n) is 5.35. The molecule has 2 rings (SSSR count). The summed E-state index contributed by atoms with van der Waals surface area (Å²) in [4.78, 5) is 0. The predicted molar refractivity (Wildman–Crippen MR) is 94.4 cm³/mol. The number of benzene rings is 2. The Morgan fingerprint density at radius 2 is 1.28 bits per heavy atom. The molecule has 0 fully saturated rings. The van der Waals surface area contributed by atoms with Crippen molar-refractivity contribution in [2.45, 2.75) is 38.3 Å². The Morgan fingerprint density at radius 1 is 0.760 bits per heavy atom. The molecule has 0 bridgehead atoms. The first-order chi connectivity index (χ1) is 11.0. The van der Waals surface area contributed by atoms with Crippen molar-refractivity contribution in [2.75, 3.05) is 13.2 Å². The third-order valence-corrected chi connectivity index (χ3v) is 3.73. The monoisotopic (exact) mass is 892 g/mol. The average Bonchev–Trinajstić information content (AvgIpc) is 2.53. The molecule has 2 nitrogen and oxygen atoms in total. The molecule has 0 aliphatic heterocycles.